The van der Waals surface area contributed by atoms with Crippen LogP contribution in [0.15, 0.2) is 0 Å². The third-order valence-electron chi connectivity index (χ3n) is 3.52. The van der Waals surface area contributed by atoms with E-state index in [1.54, 1.807) is 12.8 Å². The molecule has 0 amide bonds. The average molecular weight is 151 g/mol. The summed E-state index contributed by atoms with van der Waals surface area (Å²) in [5, 5.41) is 0. The highest BCUT2D eigenvalue weighted by Gasteiger charge is 2.25. The van der Waals surface area contributed by atoms with E-state index in [-0.39, 0.29) is 0 Å². The minimum Gasteiger partial charge on any atom is -0.0530 e. The Bertz CT molecular complexity index is 105. The van der Waals surface area contributed by atoms with E-state index in [2.05, 4.69) is 6.42 Å². The fourth-order valence-corrected chi connectivity index (χ4v) is 2.83. The molecule has 2 rings (SSSR count). The SMILES string of the molecule is [CH]1CCCC(C2CCCC2)C1. The highest BCUT2D eigenvalue weighted by atomic mass is 14.3. The minimum atomic E-state index is 1.09. The van der Waals surface area contributed by atoms with Crippen LogP contribution in [0.4, 0.5) is 0 Å². The van der Waals surface area contributed by atoms with Gasteiger partial charge in [0.05, 0.1) is 0 Å². The lowest BCUT2D eigenvalue weighted by molar-refractivity contribution is 0.283. The monoisotopic (exact) mass is 151 g/mol. The summed E-state index contributed by atoms with van der Waals surface area (Å²) in [6.07, 6.45) is 14.5. The second-order valence-corrected chi connectivity index (χ2v) is 4.26. The van der Waals surface area contributed by atoms with Gasteiger partial charge in [0, 0.05) is 0 Å². The maximum absolute atomic E-state index is 2.52. The van der Waals surface area contributed by atoms with E-state index in [1.165, 1.54) is 38.5 Å². The summed E-state index contributed by atoms with van der Waals surface area (Å²) in [7, 11) is 0. The van der Waals surface area contributed by atoms with Crippen LogP contribution in [0.1, 0.15) is 51.4 Å². The van der Waals surface area contributed by atoms with Crippen LogP contribution >= 0.6 is 0 Å². The Kier molecular flexibility index (Phi) is 2.50. The third-order valence-corrected chi connectivity index (χ3v) is 3.52. The molecule has 1 unspecified atom stereocenters. The average Bonchev–Trinajstić information content (AvgIpc) is 2.58. The molecule has 1 atom stereocenters. The molecule has 0 aromatic rings. The van der Waals surface area contributed by atoms with Gasteiger partial charge in [-0.25, -0.2) is 0 Å². The summed E-state index contributed by atoms with van der Waals surface area (Å²) >= 11 is 0. The molecule has 63 valence electrons. The molecule has 0 aromatic carbocycles. The first kappa shape index (κ1) is 7.64. The van der Waals surface area contributed by atoms with E-state index in [1.807, 2.05) is 0 Å². The highest BCUT2D eigenvalue weighted by molar-refractivity contribution is 4.84. The van der Waals surface area contributed by atoms with E-state index < -0.39 is 0 Å². The molecule has 0 aliphatic heterocycles. The fourth-order valence-electron chi connectivity index (χ4n) is 2.83. The Morgan fingerprint density at radius 1 is 0.818 bits per heavy atom. The minimum absolute atomic E-state index is 1.09. The lowest BCUT2D eigenvalue weighted by Crippen LogP contribution is -2.15. The van der Waals surface area contributed by atoms with Crippen LogP contribution in [0.5, 0.6) is 0 Å². The molecule has 0 heteroatoms. The van der Waals surface area contributed by atoms with Crippen LogP contribution in [-0.2, 0) is 0 Å². The van der Waals surface area contributed by atoms with Crippen molar-refractivity contribution in [2.24, 2.45) is 11.8 Å². The molecule has 2 saturated carbocycles. The Labute approximate surface area is 70.4 Å². The molecule has 0 aromatic heterocycles. The van der Waals surface area contributed by atoms with Gasteiger partial charge >= 0.3 is 0 Å². The normalized spacial score (nSPS) is 29.5. The van der Waals surface area contributed by atoms with Gasteiger partial charge in [-0.05, 0) is 24.7 Å². The van der Waals surface area contributed by atoms with Gasteiger partial charge in [-0.1, -0.05) is 44.9 Å². The summed E-state index contributed by atoms with van der Waals surface area (Å²) in [6, 6.07) is 0. The van der Waals surface area contributed by atoms with Gasteiger partial charge in [0.25, 0.3) is 0 Å². The summed E-state index contributed by atoms with van der Waals surface area (Å²) < 4.78 is 0. The highest BCUT2D eigenvalue weighted by Crippen LogP contribution is 2.38. The molecular weight excluding hydrogens is 132 g/mol. The van der Waals surface area contributed by atoms with E-state index in [0.717, 1.165) is 11.8 Å². The topological polar surface area (TPSA) is 0 Å². The van der Waals surface area contributed by atoms with Crippen molar-refractivity contribution in [1.29, 1.82) is 0 Å². The molecule has 2 fully saturated rings. The van der Waals surface area contributed by atoms with Crippen molar-refractivity contribution in [2.75, 3.05) is 0 Å². The second kappa shape index (κ2) is 3.60. The summed E-state index contributed by atoms with van der Waals surface area (Å²) in [5.74, 6) is 2.21. The Morgan fingerprint density at radius 3 is 2.18 bits per heavy atom. The molecule has 0 bridgehead atoms. The first-order valence-electron chi connectivity index (χ1n) is 5.28. The Hall–Kier alpha value is 0. The summed E-state index contributed by atoms with van der Waals surface area (Å²) in [6.45, 7) is 0. The van der Waals surface area contributed by atoms with Gasteiger partial charge < -0.3 is 0 Å². The third kappa shape index (κ3) is 1.77. The van der Waals surface area contributed by atoms with E-state index in [4.69, 9.17) is 0 Å². The van der Waals surface area contributed by atoms with Gasteiger partial charge in [0.1, 0.15) is 0 Å². The molecule has 0 N–H and O–H groups in total. The van der Waals surface area contributed by atoms with Gasteiger partial charge in [-0.3, -0.25) is 0 Å². The second-order valence-electron chi connectivity index (χ2n) is 4.26. The molecule has 2 aliphatic carbocycles. The van der Waals surface area contributed by atoms with Crippen LogP contribution in [0.2, 0.25) is 0 Å². The molecule has 1 radical (unpaired) electrons. The zero-order valence-electron chi connectivity index (χ0n) is 7.39. The van der Waals surface area contributed by atoms with Crippen molar-refractivity contribution in [1.82, 2.24) is 0 Å². The molecule has 0 nitrogen and oxygen atoms in total. The first-order valence-corrected chi connectivity index (χ1v) is 5.28. The van der Waals surface area contributed by atoms with Crippen LogP contribution in [0, 0.1) is 18.3 Å². The molecule has 2 aliphatic rings. The quantitative estimate of drug-likeness (QED) is 0.537. The van der Waals surface area contributed by atoms with Crippen LogP contribution in [-0.4, -0.2) is 0 Å². The zero-order chi connectivity index (χ0) is 7.52. The van der Waals surface area contributed by atoms with Crippen molar-refractivity contribution in [2.45, 2.75) is 51.4 Å². The maximum Gasteiger partial charge on any atom is -0.0383 e. The van der Waals surface area contributed by atoms with Crippen molar-refractivity contribution in [3.63, 3.8) is 0 Å². The van der Waals surface area contributed by atoms with Crippen LogP contribution in [0.3, 0.4) is 0 Å². The van der Waals surface area contributed by atoms with Crippen molar-refractivity contribution >= 4 is 0 Å². The smallest absolute Gasteiger partial charge is 0.0383 e. The van der Waals surface area contributed by atoms with Crippen molar-refractivity contribution in [3.05, 3.63) is 6.42 Å². The number of rotatable bonds is 1. The summed E-state index contributed by atoms with van der Waals surface area (Å²) in [5.41, 5.74) is 0. The van der Waals surface area contributed by atoms with Crippen molar-refractivity contribution < 1.29 is 0 Å². The number of hydrogen-bond acceptors (Lipinski definition) is 0. The van der Waals surface area contributed by atoms with Gasteiger partial charge in [-0.15, -0.1) is 0 Å². The van der Waals surface area contributed by atoms with E-state index >= 15 is 0 Å². The predicted molar refractivity (Wildman–Crippen MR) is 48.2 cm³/mol. The lowest BCUT2D eigenvalue weighted by atomic mass is 9.79. The largest absolute Gasteiger partial charge is 0.0530 e. The first-order chi connectivity index (χ1) is 5.47. The van der Waals surface area contributed by atoms with Gasteiger partial charge in [0.2, 0.25) is 0 Å². The molecule has 11 heavy (non-hydrogen) atoms. The fraction of sp³-hybridized carbons (Fsp3) is 0.909. The predicted octanol–water partition coefficient (Wildman–Crippen LogP) is 3.57. The Balaban J connectivity index is 1.82. The number of hydrogen-bond donors (Lipinski definition) is 0. The Morgan fingerprint density at radius 2 is 1.55 bits per heavy atom. The van der Waals surface area contributed by atoms with Crippen molar-refractivity contribution in [3.8, 4) is 0 Å². The zero-order valence-corrected chi connectivity index (χ0v) is 7.39. The van der Waals surface area contributed by atoms with Crippen LogP contribution in [0.25, 0.3) is 0 Å². The summed E-state index contributed by atoms with van der Waals surface area (Å²) in [4.78, 5) is 0. The molecule has 0 spiro atoms. The van der Waals surface area contributed by atoms with Gasteiger partial charge in [0.15, 0.2) is 0 Å². The van der Waals surface area contributed by atoms with E-state index in [9.17, 15) is 0 Å². The standard InChI is InChI=1S/C11H19/c1-2-6-10(7-3-1)11-8-4-5-9-11/h2,10-11H,1,3-9H2. The molecule has 0 heterocycles. The lowest BCUT2D eigenvalue weighted by Gasteiger charge is -2.26. The van der Waals surface area contributed by atoms with E-state index in [0.29, 0.717) is 0 Å². The molecular formula is C11H19. The maximum atomic E-state index is 2.52. The molecule has 0 saturated heterocycles. The van der Waals surface area contributed by atoms with Gasteiger partial charge in [-0.2, -0.15) is 0 Å². The van der Waals surface area contributed by atoms with Crippen LogP contribution < -0.4 is 0 Å².